The van der Waals surface area contributed by atoms with Gasteiger partial charge in [-0.15, -0.1) is 0 Å². The van der Waals surface area contributed by atoms with Gasteiger partial charge in [0.15, 0.2) is 0 Å². The van der Waals surface area contributed by atoms with E-state index in [4.69, 9.17) is 4.98 Å². The van der Waals surface area contributed by atoms with Crippen LogP contribution in [0.1, 0.15) is 11.1 Å². The lowest BCUT2D eigenvalue weighted by atomic mass is 10.0. The molecule has 0 atom stereocenters. The van der Waals surface area contributed by atoms with Gasteiger partial charge in [0.25, 0.3) is 0 Å². The van der Waals surface area contributed by atoms with Gasteiger partial charge in [-0.2, -0.15) is 0 Å². The van der Waals surface area contributed by atoms with Crippen molar-refractivity contribution in [3.63, 3.8) is 0 Å². The first kappa shape index (κ1) is 14.3. The maximum absolute atomic E-state index is 5.03. The minimum atomic E-state index is 0.934. The molecule has 0 N–H and O–H groups in total. The van der Waals surface area contributed by atoms with Gasteiger partial charge in [0.05, 0.1) is 22.7 Å². The van der Waals surface area contributed by atoms with Gasteiger partial charge in [-0.1, -0.05) is 30.3 Å². The van der Waals surface area contributed by atoms with Crippen molar-refractivity contribution >= 4 is 38.4 Å². The van der Waals surface area contributed by atoms with Crippen LogP contribution < -0.4 is 0 Å². The van der Waals surface area contributed by atoms with E-state index in [9.17, 15) is 0 Å². The number of hydrogen-bond acceptors (Lipinski definition) is 3. The third kappa shape index (κ3) is 1.63. The van der Waals surface area contributed by atoms with E-state index in [1.54, 1.807) is 0 Å². The molecule has 0 saturated heterocycles. The summed E-state index contributed by atoms with van der Waals surface area (Å²) in [5.41, 5.74) is 9.61. The maximum Gasteiger partial charge on any atom is 0.148 e. The summed E-state index contributed by atoms with van der Waals surface area (Å²) in [6.07, 6.45) is 8.50. The van der Waals surface area contributed by atoms with Crippen LogP contribution in [0.3, 0.4) is 0 Å². The molecule has 6 aromatic rings. The van der Waals surface area contributed by atoms with E-state index in [1.165, 1.54) is 33.2 Å². The molecule has 0 saturated carbocycles. The minimum Gasteiger partial charge on any atom is -0.290 e. The Hall–Kier alpha value is -3.79. The Morgan fingerprint density at radius 2 is 1.61 bits per heavy atom. The van der Waals surface area contributed by atoms with Gasteiger partial charge in [0.2, 0.25) is 0 Å². The highest BCUT2D eigenvalue weighted by Gasteiger charge is 2.24. The number of pyridine rings is 3. The van der Waals surface area contributed by atoms with E-state index < -0.39 is 0 Å². The first-order chi connectivity index (χ1) is 13.9. The third-order valence-corrected chi connectivity index (χ3v) is 5.99. The first-order valence-electron chi connectivity index (χ1n) is 9.42. The van der Waals surface area contributed by atoms with Crippen molar-refractivity contribution in [3.05, 3.63) is 84.4 Å². The van der Waals surface area contributed by atoms with E-state index in [0.29, 0.717) is 0 Å². The third-order valence-electron chi connectivity index (χ3n) is 5.99. The Balaban J connectivity index is 1.76. The predicted octanol–water partition coefficient (Wildman–Crippen LogP) is 5.16. The molecule has 0 unspecified atom stereocenters. The maximum atomic E-state index is 5.03. The minimum absolute atomic E-state index is 0.934. The molecular weight excluding hydrogens is 344 g/mol. The molecule has 4 aromatic heterocycles. The van der Waals surface area contributed by atoms with Crippen LogP contribution in [0.4, 0.5) is 0 Å². The van der Waals surface area contributed by atoms with Gasteiger partial charge >= 0.3 is 0 Å². The number of aromatic nitrogens is 4. The Morgan fingerprint density at radius 3 is 2.57 bits per heavy atom. The zero-order valence-electron chi connectivity index (χ0n) is 14.9. The first-order valence-corrected chi connectivity index (χ1v) is 9.42. The largest absolute Gasteiger partial charge is 0.290 e. The smallest absolute Gasteiger partial charge is 0.148 e. The van der Waals surface area contributed by atoms with Crippen LogP contribution >= 0.6 is 0 Å². The van der Waals surface area contributed by atoms with Crippen molar-refractivity contribution in [1.29, 1.82) is 0 Å². The summed E-state index contributed by atoms with van der Waals surface area (Å²) in [6.45, 7) is 0. The Morgan fingerprint density at radius 1 is 0.750 bits per heavy atom. The predicted molar refractivity (Wildman–Crippen MR) is 112 cm³/mol. The monoisotopic (exact) mass is 358 g/mol. The number of nitrogens with zero attached hydrogens (tertiary/aromatic N) is 4. The van der Waals surface area contributed by atoms with E-state index >= 15 is 0 Å². The number of fused-ring (bicyclic) bond motifs is 12. The highest BCUT2D eigenvalue weighted by atomic mass is 15.0. The standard InChI is InChI=1S/C24H14N4/c1-2-4-15-14(3-1)11-19-16(15)5-6-21-23(19)28-22-13-26-10-8-18(22)17-7-9-25-12-20(17)24(28)27-21/h1-10,12-13H,11H2. The summed E-state index contributed by atoms with van der Waals surface area (Å²) in [5.74, 6) is 0. The van der Waals surface area contributed by atoms with E-state index in [2.05, 4.69) is 62.9 Å². The average Bonchev–Trinajstić information content (AvgIpc) is 3.32. The summed E-state index contributed by atoms with van der Waals surface area (Å²) in [6, 6.07) is 17.2. The fraction of sp³-hybridized carbons (Fsp3) is 0.0417. The molecule has 4 heterocycles. The number of hydrogen-bond donors (Lipinski definition) is 0. The van der Waals surface area contributed by atoms with Crippen molar-refractivity contribution in [2.45, 2.75) is 6.42 Å². The van der Waals surface area contributed by atoms with Gasteiger partial charge in [0, 0.05) is 35.8 Å². The summed E-state index contributed by atoms with van der Waals surface area (Å²) in [7, 11) is 0. The lowest BCUT2D eigenvalue weighted by molar-refractivity contribution is 1.22. The molecule has 2 aromatic carbocycles. The topological polar surface area (TPSA) is 43.1 Å². The quantitative estimate of drug-likeness (QED) is 0.352. The van der Waals surface area contributed by atoms with Crippen LogP contribution in [0.25, 0.3) is 49.5 Å². The van der Waals surface area contributed by atoms with Crippen LogP contribution in [-0.4, -0.2) is 19.4 Å². The van der Waals surface area contributed by atoms with Crippen LogP contribution in [0.2, 0.25) is 0 Å². The number of rotatable bonds is 0. The fourth-order valence-corrected chi connectivity index (χ4v) is 4.81. The van der Waals surface area contributed by atoms with Crippen molar-refractivity contribution in [2.24, 2.45) is 0 Å². The van der Waals surface area contributed by atoms with E-state index in [1.807, 2.05) is 24.8 Å². The molecule has 4 heteroatoms. The normalized spacial score (nSPS) is 12.9. The van der Waals surface area contributed by atoms with Crippen molar-refractivity contribution < 1.29 is 0 Å². The summed E-state index contributed by atoms with van der Waals surface area (Å²) in [5, 5.41) is 3.41. The number of imidazole rings is 1. The van der Waals surface area contributed by atoms with Crippen LogP contribution in [-0.2, 0) is 6.42 Å². The molecule has 0 bridgehead atoms. The van der Waals surface area contributed by atoms with E-state index in [-0.39, 0.29) is 0 Å². The molecular formula is C24H14N4. The van der Waals surface area contributed by atoms with Gasteiger partial charge in [-0.3, -0.25) is 14.4 Å². The second kappa shape index (κ2) is 4.93. The lowest BCUT2D eigenvalue weighted by Gasteiger charge is -2.09. The van der Waals surface area contributed by atoms with Gasteiger partial charge in [0.1, 0.15) is 5.65 Å². The second-order valence-corrected chi connectivity index (χ2v) is 7.38. The Bertz CT molecular complexity index is 1590. The molecule has 0 aliphatic heterocycles. The van der Waals surface area contributed by atoms with Gasteiger partial charge in [-0.05, 0) is 45.8 Å². The lowest BCUT2D eigenvalue weighted by Crippen LogP contribution is -1.95. The molecule has 1 aliphatic rings. The van der Waals surface area contributed by atoms with Crippen LogP contribution in [0, 0.1) is 0 Å². The van der Waals surface area contributed by atoms with Crippen molar-refractivity contribution in [2.75, 3.05) is 0 Å². The molecule has 1 aliphatic carbocycles. The summed E-state index contributed by atoms with van der Waals surface area (Å²) in [4.78, 5) is 13.8. The SMILES string of the molecule is c1ccc2c(c1)Cc1c-2ccc2nc3c4cnccc4c4ccncc4n3c12. The van der Waals surface area contributed by atoms with Crippen LogP contribution in [0.15, 0.2) is 73.3 Å². The fourth-order valence-electron chi connectivity index (χ4n) is 4.81. The van der Waals surface area contributed by atoms with Gasteiger partial charge in [-0.25, -0.2) is 4.98 Å². The Labute approximate surface area is 160 Å². The molecule has 4 nitrogen and oxygen atoms in total. The molecule has 0 spiro atoms. The molecule has 0 fully saturated rings. The molecule has 0 amide bonds. The summed E-state index contributed by atoms with van der Waals surface area (Å²) < 4.78 is 2.28. The zero-order chi connectivity index (χ0) is 18.2. The zero-order valence-corrected chi connectivity index (χ0v) is 14.9. The molecule has 0 radical (unpaired) electrons. The van der Waals surface area contributed by atoms with Crippen LogP contribution in [0.5, 0.6) is 0 Å². The van der Waals surface area contributed by atoms with E-state index in [0.717, 1.165) is 33.9 Å². The Kier molecular flexibility index (Phi) is 2.51. The van der Waals surface area contributed by atoms with Crippen molar-refractivity contribution in [1.82, 2.24) is 19.4 Å². The molecule has 130 valence electrons. The summed E-state index contributed by atoms with van der Waals surface area (Å²) >= 11 is 0. The molecule has 7 rings (SSSR count). The second-order valence-electron chi connectivity index (χ2n) is 7.38. The average molecular weight is 358 g/mol. The highest BCUT2D eigenvalue weighted by Crippen LogP contribution is 2.42. The molecule has 28 heavy (non-hydrogen) atoms. The highest BCUT2D eigenvalue weighted by molar-refractivity contribution is 6.13. The van der Waals surface area contributed by atoms with Crippen molar-refractivity contribution in [3.8, 4) is 11.1 Å². The van der Waals surface area contributed by atoms with Gasteiger partial charge < -0.3 is 0 Å². The number of benzene rings is 2.